The molecule has 0 aromatic rings. The van der Waals surface area contributed by atoms with Gasteiger partial charge < -0.3 is 15.8 Å². The predicted molar refractivity (Wildman–Crippen MR) is 61.6 cm³/mol. The summed E-state index contributed by atoms with van der Waals surface area (Å²) >= 11 is 0. The van der Waals surface area contributed by atoms with Crippen LogP contribution in [0.2, 0.25) is 0 Å². The van der Waals surface area contributed by atoms with Crippen LogP contribution in [0.25, 0.3) is 0 Å². The van der Waals surface area contributed by atoms with Gasteiger partial charge in [-0.15, -0.1) is 0 Å². The molecule has 0 aromatic carbocycles. The van der Waals surface area contributed by atoms with Crippen molar-refractivity contribution in [1.29, 1.82) is 0 Å². The summed E-state index contributed by atoms with van der Waals surface area (Å²) in [5.74, 6) is -0.0728. The molecule has 3 N–H and O–H groups in total. The van der Waals surface area contributed by atoms with E-state index in [9.17, 15) is 4.79 Å². The molecule has 0 fully saturated rings. The molecule has 4 heteroatoms. The summed E-state index contributed by atoms with van der Waals surface area (Å²) < 4.78 is 5.02. The topological polar surface area (TPSA) is 64.3 Å². The highest BCUT2D eigenvalue weighted by molar-refractivity contribution is 5.86. The Hall–Kier alpha value is -0.610. The highest BCUT2D eigenvalue weighted by atomic mass is 16.5. The molecule has 0 radical (unpaired) electrons. The zero-order valence-corrected chi connectivity index (χ0v) is 10.3. The maximum absolute atomic E-state index is 11.9. The lowest BCUT2D eigenvalue weighted by atomic mass is 9.93. The second-order valence-electron chi connectivity index (χ2n) is 3.90. The van der Waals surface area contributed by atoms with Crippen LogP contribution in [0.3, 0.4) is 0 Å². The minimum absolute atomic E-state index is 0.0588. The van der Waals surface area contributed by atoms with Crippen molar-refractivity contribution in [2.45, 2.75) is 51.6 Å². The molecule has 0 aromatic heterocycles. The van der Waals surface area contributed by atoms with Crippen molar-refractivity contribution in [2.75, 3.05) is 13.7 Å². The second-order valence-corrected chi connectivity index (χ2v) is 3.90. The van der Waals surface area contributed by atoms with Gasteiger partial charge in [0.05, 0.1) is 18.2 Å². The molecule has 0 heterocycles. The number of nitrogens with one attached hydrogen (secondary N) is 1. The van der Waals surface area contributed by atoms with E-state index < -0.39 is 5.54 Å². The summed E-state index contributed by atoms with van der Waals surface area (Å²) in [6.45, 7) is 6.41. The fourth-order valence-electron chi connectivity index (χ4n) is 1.36. The molecule has 15 heavy (non-hydrogen) atoms. The summed E-state index contributed by atoms with van der Waals surface area (Å²) in [5.41, 5.74) is 5.25. The van der Waals surface area contributed by atoms with Gasteiger partial charge in [-0.2, -0.15) is 0 Å². The van der Waals surface area contributed by atoms with Gasteiger partial charge in [0.2, 0.25) is 5.91 Å². The number of rotatable bonds is 7. The summed E-state index contributed by atoms with van der Waals surface area (Å²) in [7, 11) is 1.63. The molecule has 1 amide bonds. The molecule has 0 aliphatic rings. The smallest absolute Gasteiger partial charge is 0.240 e. The van der Waals surface area contributed by atoms with E-state index in [0.717, 1.165) is 6.42 Å². The van der Waals surface area contributed by atoms with Crippen molar-refractivity contribution >= 4 is 5.91 Å². The first kappa shape index (κ1) is 14.4. The Bertz CT molecular complexity index is 191. The molecule has 0 bridgehead atoms. The first-order valence-electron chi connectivity index (χ1n) is 5.62. The second kappa shape index (κ2) is 6.80. The van der Waals surface area contributed by atoms with Gasteiger partial charge in [0, 0.05) is 7.11 Å². The first-order valence-corrected chi connectivity index (χ1v) is 5.62. The van der Waals surface area contributed by atoms with E-state index in [0.29, 0.717) is 19.4 Å². The zero-order chi connectivity index (χ0) is 11.9. The Morgan fingerprint density at radius 1 is 1.40 bits per heavy atom. The number of carbonyl (C=O) groups is 1. The maximum atomic E-state index is 11.9. The van der Waals surface area contributed by atoms with Crippen LogP contribution in [-0.4, -0.2) is 31.2 Å². The van der Waals surface area contributed by atoms with E-state index in [1.807, 2.05) is 20.8 Å². The van der Waals surface area contributed by atoms with E-state index in [2.05, 4.69) is 5.32 Å². The third-order valence-electron chi connectivity index (χ3n) is 2.91. The SMILES string of the molecule is CCC(COC)NC(=O)C(N)(CC)CC. The van der Waals surface area contributed by atoms with Crippen molar-refractivity contribution in [3.8, 4) is 0 Å². The van der Waals surface area contributed by atoms with Crippen LogP contribution in [0.5, 0.6) is 0 Å². The van der Waals surface area contributed by atoms with Crippen LogP contribution in [-0.2, 0) is 9.53 Å². The number of ether oxygens (including phenoxy) is 1. The summed E-state index contributed by atoms with van der Waals surface area (Å²) in [5, 5.41) is 2.92. The highest BCUT2D eigenvalue weighted by Gasteiger charge is 2.30. The predicted octanol–water partition coefficient (Wildman–Crippen LogP) is 1.05. The first-order chi connectivity index (χ1) is 7.03. The van der Waals surface area contributed by atoms with Crippen molar-refractivity contribution in [3.63, 3.8) is 0 Å². The highest BCUT2D eigenvalue weighted by Crippen LogP contribution is 2.11. The molecular weight excluding hydrogens is 192 g/mol. The standard InChI is InChI=1S/C11H24N2O2/c1-5-9(8-15-4)13-10(14)11(12,6-2)7-3/h9H,5-8,12H2,1-4H3,(H,13,14). The fraction of sp³-hybridized carbons (Fsp3) is 0.909. The molecule has 4 nitrogen and oxygen atoms in total. The van der Waals surface area contributed by atoms with Crippen LogP contribution in [0.4, 0.5) is 0 Å². The average Bonchev–Trinajstić information content (AvgIpc) is 2.27. The van der Waals surface area contributed by atoms with Crippen LogP contribution < -0.4 is 11.1 Å². The molecule has 0 spiro atoms. The lowest BCUT2D eigenvalue weighted by Crippen LogP contribution is -2.56. The normalized spacial score (nSPS) is 13.7. The van der Waals surface area contributed by atoms with Gasteiger partial charge in [-0.25, -0.2) is 0 Å². The number of amides is 1. The molecule has 0 aliphatic carbocycles. The average molecular weight is 216 g/mol. The Labute approximate surface area is 92.6 Å². The molecular formula is C11H24N2O2. The van der Waals surface area contributed by atoms with Crippen molar-refractivity contribution in [1.82, 2.24) is 5.32 Å². The Kier molecular flexibility index (Phi) is 6.52. The van der Waals surface area contributed by atoms with E-state index >= 15 is 0 Å². The van der Waals surface area contributed by atoms with Gasteiger partial charge in [-0.05, 0) is 19.3 Å². The monoisotopic (exact) mass is 216 g/mol. The number of nitrogens with two attached hydrogens (primary N) is 1. The Morgan fingerprint density at radius 2 is 1.93 bits per heavy atom. The summed E-state index contributed by atoms with van der Waals surface area (Å²) in [6.07, 6.45) is 2.15. The van der Waals surface area contributed by atoms with E-state index in [4.69, 9.17) is 10.5 Å². The number of carbonyl (C=O) groups excluding carboxylic acids is 1. The molecule has 1 atom stereocenters. The largest absolute Gasteiger partial charge is 0.383 e. The van der Waals surface area contributed by atoms with Crippen LogP contribution in [0.15, 0.2) is 0 Å². The summed E-state index contributed by atoms with van der Waals surface area (Å²) in [4.78, 5) is 11.9. The lowest BCUT2D eigenvalue weighted by Gasteiger charge is -2.28. The molecule has 0 saturated carbocycles. The minimum atomic E-state index is -0.735. The fourth-order valence-corrected chi connectivity index (χ4v) is 1.36. The van der Waals surface area contributed by atoms with Gasteiger partial charge in [-0.3, -0.25) is 4.79 Å². The van der Waals surface area contributed by atoms with Crippen molar-refractivity contribution < 1.29 is 9.53 Å². The molecule has 1 unspecified atom stereocenters. The van der Waals surface area contributed by atoms with Gasteiger partial charge >= 0.3 is 0 Å². The Balaban J connectivity index is 4.31. The van der Waals surface area contributed by atoms with Gasteiger partial charge in [-0.1, -0.05) is 20.8 Å². The minimum Gasteiger partial charge on any atom is -0.383 e. The van der Waals surface area contributed by atoms with Crippen LogP contribution >= 0.6 is 0 Å². The van der Waals surface area contributed by atoms with Gasteiger partial charge in [0.15, 0.2) is 0 Å². The molecule has 0 aliphatic heterocycles. The van der Waals surface area contributed by atoms with Gasteiger partial charge in [0.25, 0.3) is 0 Å². The third kappa shape index (κ3) is 4.18. The maximum Gasteiger partial charge on any atom is 0.240 e. The zero-order valence-electron chi connectivity index (χ0n) is 10.3. The summed E-state index contributed by atoms with van der Waals surface area (Å²) in [6, 6.07) is 0.0588. The number of methoxy groups -OCH3 is 1. The third-order valence-corrected chi connectivity index (χ3v) is 2.91. The quantitative estimate of drug-likeness (QED) is 0.668. The van der Waals surface area contributed by atoms with Crippen LogP contribution in [0.1, 0.15) is 40.0 Å². The molecule has 90 valence electrons. The van der Waals surface area contributed by atoms with Crippen LogP contribution in [0, 0.1) is 0 Å². The van der Waals surface area contributed by atoms with E-state index in [-0.39, 0.29) is 11.9 Å². The Morgan fingerprint density at radius 3 is 2.27 bits per heavy atom. The van der Waals surface area contributed by atoms with E-state index in [1.54, 1.807) is 7.11 Å². The van der Waals surface area contributed by atoms with Crippen molar-refractivity contribution in [3.05, 3.63) is 0 Å². The van der Waals surface area contributed by atoms with Crippen molar-refractivity contribution in [2.24, 2.45) is 5.73 Å². The lowest BCUT2D eigenvalue weighted by molar-refractivity contribution is -0.127. The van der Waals surface area contributed by atoms with Gasteiger partial charge in [0.1, 0.15) is 0 Å². The number of hydrogen-bond donors (Lipinski definition) is 2. The van der Waals surface area contributed by atoms with E-state index in [1.165, 1.54) is 0 Å². The molecule has 0 saturated heterocycles. The number of hydrogen-bond acceptors (Lipinski definition) is 3. The molecule has 0 rings (SSSR count).